The Bertz CT molecular complexity index is 762. The van der Waals surface area contributed by atoms with Crippen LogP contribution in [0.15, 0.2) is 11.6 Å². The van der Waals surface area contributed by atoms with Gasteiger partial charge in [0.25, 0.3) is 0 Å². The Kier molecular flexibility index (Phi) is 4.34. The minimum absolute atomic E-state index is 0.0452. The lowest BCUT2D eigenvalue weighted by Crippen LogP contribution is -2.63. The van der Waals surface area contributed by atoms with Gasteiger partial charge in [-0.2, -0.15) is 0 Å². The lowest BCUT2D eigenvalue weighted by molar-refractivity contribution is -0.207. The van der Waals surface area contributed by atoms with E-state index in [1.807, 2.05) is 0 Å². The normalized spacial score (nSPS) is 54.1. The minimum atomic E-state index is -1.07. The number of aldehydes is 1. The van der Waals surface area contributed by atoms with Crippen LogP contribution in [0.3, 0.4) is 0 Å². The highest BCUT2D eigenvalue weighted by Gasteiger charge is 2.70. The number of aliphatic hydroxyl groups is 3. The van der Waals surface area contributed by atoms with Crippen LogP contribution in [0.5, 0.6) is 0 Å². The maximum Gasteiger partial charge on any atom is 0.331 e. The molecule has 9 atom stereocenters. The highest BCUT2D eigenvalue weighted by Crippen LogP contribution is 2.69. The first kappa shape index (κ1) is 19.7. The first-order valence-corrected chi connectivity index (χ1v) is 11.2. The number of carbonyl (C=O) groups excluding carboxylic acids is 2. The molecule has 6 heteroatoms. The van der Waals surface area contributed by atoms with E-state index in [-0.39, 0.29) is 48.8 Å². The maximum atomic E-state index is 12.5. The Morgan fingerprint density at radius 1 is 1.14 bits per heavy atom. The first-order valence-electron chi connectivity index (χ1n) is 11.2. The molecule has 4 saturated carbocycles. The van der Waals surface area contributed by atoms with Crippen LogP contribution >= 0.6 is 0 Å². The van der Waals surface area contributed by atoms with Gasteiger partial charge in [-0.15, -0.1) is 0 Å². The third-order valence-electron chi connectivity index (χ3n) is 9.70. The number of hydrogen-bond acceptors (Lipinski definition) is 6. The summed E-state index contributed by atoms with van der Waals surface area (Å²) in [5.74, 6) is -0.440. The second-order valence-corrected chi connectivity index (χ2v) is 10.6. The summed E-state index contributed by atoms with van der Waals surface area (Å²) in [6, 6.07) is 0. The molecule has 5 aliphatic rings. The van der Waals surface area contributed by atoms with Crippen LogP contribution in [-0.2, 0) is 14.3 Å². The summed E-state index contributed by atoms with van der Waals surface area (Å²) in [7, 11) is 0. The van der Waals surface area contributed by atoms with Crippen LogP contribution in [0.25, 0.3) is 0 Å². The van der Waals surface area contributed by atoms with Crippen molar-refractivity contribution in [1.82, 2.24) is 0 Å². The Balaban J connectivity index is 1.52. The third-order valence-corrected chi connectivity index (χ3v) is 9.70. The van der Waals surface area contributed by atoms with Crippen molar-refractivity contribution in [1.29, 1.82) is 0 Å². The lowest BCUT2D eigenvalue weighted by Gasteiger charge is -2.62. The SMILES string of the molecule is C[C@@]12CC[C@H]3[C@@H](CC[C@@H]4C[C@@H](O)CC[C@]43C=O)[C@]1(O)C[C@H](O)[C@@H]2C1=CC(=O)OC1. The highest BCUT2D eigenvalue weighted by molar-refractivity contribution is 5.85. The number of ether oxygens (including phenoxy) is 1. The van der Waals surface area contributed by atoms with Crippen LogP contribution in [0.2, 0.25) is 0 Å². The van der Waals surface area contributed by atoms with E-state index < -0.39 is 22.5 Å². The number of hydrogen-bond donors (Lipinski definition) is 3. The molecule has 160 valence electrons. The van der Waals surface area contributed by atoms with Gasteiger partial charge in [-0.25, -0.2) is 4.79 Å². The Morgan fingerprint density at radius 3 is 2.62 bits per heavy atom. The van der Waals surface area contributed by atoms with Gasteiger partial charge in [0.15, 0.2) is 0 Å². The monoisotopic (exact) mass is 404 g/mol. The van der Waals surface area contributed by atoms with E-state index in [4.69, 9.17) is 4.74 Å². The first-order chi connectivity index (χ1) is 13.7. The molecular weight excluding hydrogens is 372 g/mol. The van der Waals surface area contributed by atoms with Crippen molar-refractivity contribution in [2.24, 2.45) is 34.5 Å². The number of rotatable bonds is 2. The van der Waals surface area contributed by atoms with Gasteiger partial charge in [0.2, 0.25) is 0 Å². The van der Waals surface area contributed by atoms with Crippen LogP contribution in [0.4, 0.5) is 0 Å². The molecule has 6 nitrogen and oxygen atoms in total. The molecule has 4 aliphatic carbocycles. The molecule has 1 aliphatic heterocycles. The standard InChI is InChI=1S/C23H32O6/c1-21-6-5-16-17(3-2-14-9-15(25)4-7-22(14,16)12-24)23(21,28)10-18(26)20(21)13-8-19(27)29-11-13/h8,12,14-18,20,25-26,28H,2-7,9-11H2,1H3/t14-,15+,16+,17-,18+,20+,21+,22+,23-/m1/s1. The molecule has 0 amide bonds. The van der Waals surface area contributed by atoms with E-state index in [0.717, 1.165) is 31.1 Å². The van der Waals surface area contributed by atoms with Crippen molar-refractivity contribution >= 4 is 12.3 Å². The Morgan fingerprint density at radius 2 is 1.93 bits per heavy atom. The molecule has 0 aromatic rings. The highest BCUT2D eigenvalue weighted by atomic mass is 16.5. The summed E-state index contributed by atoms with van der Waals surface area (Å²) in [6.45, 7) is 2.25. The molecule has 0 spiro atoms. The molecule has 0 bridgehead atoms. The molecule has 4 fully saturated rings. The fourth-order valence-corrected chi connectivity index (χ4v) is 8.39. The Hall–Kier alpha value is -1.24. The predicted octanol–water partition coefficient (Wildman–Crippen LogP) is 1.75. The topological polar surface area (TPSA) is 104 Å². The molecule has 29 heavy (non-hydrogen) atoms. The molecule has 0 saturated heterocycles. The zero-order valence-corrected chi connectivity index (χ0v) is 17.0. The van der Waals surface area contributed by atoms with Crippen molar-refractivity contribution < 1.29 is 29.6 Å². The number of esters is 1. The van der Waals surface area contributed by atoms with Gasteiger partial charge in [-0.3, -0.25) is 0 Å². The number of aliphatic hydroxyl groups excluding tert-OH is 2. The van der Waals surface area contributed by atoms with Crippen LogP contribution < -0.4 is 0 Å². The average Bonchev–Trinajstić information content (AvgIpc) is 3.18. The summed E-state index contributed by atoms with van der Waals surface area (Å²) >= 11 is 0. The van der Waals surface area contributed by atoms with Gasteiger partial charge in [0, 0.05) is 29.2 Å². The number of carbonyl (C=O) groups is 2. The second-order valence-electron chi connectivity index (χ2n) is 10.6. The third kappa shape index (κ3) is 2.45. The zero-order chi connectivity index (χ0) is 20.6. The van der Waals surface area contributed by atoms with E-state index >= 15 is 0 Å². The van der Waals surface area contributed by atoms with Gasteiger partial charge in [0.05, 0.1) is 17.8 Å². The van der Waals surface area contributed by atoms with Crippen molar-refractivity contribution in [3.05, 3.63) is 11.6 Å². The molecular formula is C23H32O6. The molecule has 5 rings (SSSR count). The summed E-state index contributed by atoms with van der Waals surface area (Å²) in [5.41, 5.74) is -1.28. The molecule has 3 N–H and O–H groups in total. The van der Waals surface area contributed by atoms with E-state index in [0.29, 0.717) is 25.7 Å². The second kappa shape index (κ2) is 6.38. The van der Waals surface area contributed by atoms with Crippen molar-refractivity contribution in [2.75, 3.05) is 6.61 Å². The molecule has 1 heterocycles. The van der Waals surface area contributed by atoms with Crippen LogP contribution in [0, 0.1) is 34.5 Å². The summed E-state index contributed by atoms with van der Waals surface area (Å²) in [5, 5.41) is 33.3. The average molecular weight is 405 g/mol. The van der Waals surface area contributed by atoms with Gasteiger partial charge in [0.1, 0.15) is 12.9 Å². The number of fused-ring (bicyclic) bond motifs is 5. The smallest absolute Gasteiger partial charge is 0.331 e. The summed E-state index contributed by atoms with van der Waals surface area (Å²) < 4.78 is 5.11. The Labute approximate surface area is 171 Å². The van der Waals surface area contributed by atoms with Crippen molar-refractivity contribution in [2.45, 2.75) is 76.1 Å². The minimum Gasteiger partial charge on any atom is -0.458 e. The number of cyclic esters (lactones) is 1. The van der Waals surface area contributed by atoms with Gasteiger partial charge >= 0.3 is 5.97 Å². The van der Waals surface area contributed by atoms with Gasteiger partial charge in [-0.1, -0.05) is 6.92 Å². The predicted molar refractivity (Wildman–Crippen MR) is 104 cm³/mol. The van der Waals surface area contributed by atoms with E-state index in [9.17, 15) is 24.9 Å². The van der Waals surface area contributed by atoms with Crippen LogP contribution in [-0.4, -0.2) is 52.0 Å². The summed E-state index contributed by atoms with van der Waals surface area (Å²) in [4.78, 5) is 24.1. The maximum absolute atomic E-state index is 12.5. The quantitative estimate of drug-likeness (QED) is 0.479. The van der Waals surface area contributed by atoms with Crippen molar-refractivity contribution in [3.63, 3.8) is 0 Å². The van der Waals surface area contributed by atoms with E-state index in [1.54, 1.807) is 0 Å². The fraction of sp³-hybridized carbons (Fsp3) is 0.826. The van der Waals surface area contributed by atoms with Crippen molar-refractivity contribution in [3.8, 4) is 0 Å². The largest absolute Gasteiger partial charge is 0.458 e. The molecule has 0 radical (unpaired) electrons. The molecule has 0 aromatic carbocycles. The van der Waals surface area contributed by atoms with E-state index in [2.05, 4.69) is 6.92 Å². The lowest BCUT2D eigenvalue weighted by atomic mass is 9.43. The zero-order valence-electron chi connectivity index (χ0n) is 17.0. The summed E-state index contributed by atoms with van der Waals surface area (Å²) in [6.07, 6.45) is 7.07. The molecule has 0 unspecified atom stereocenters. The fourth-order valence-electron chi connectivity index (χ4n) is 8.39. The van der Waals surface area contributed by atoms with Gasteiger partial charge in [-0.05, 0) is 68.3 Å². The van der Waals surface area contributed by atoms with Crippen LogP contribution in [0.1, 0.15) is 58.3 Å². The van der Waals surface area contributed by atoms with Gasteiger partial charge < -0.3 is 24.9 Å². The van der Waals surface area contributed by atoms with E-state index in [1.165, 1.54) is 6.08 Å². The molecule has 0 aromatic heterocycles.